The van der Waals surface area contributed by atoms with Crippen molar-refractivity contribution in [3.8, 4) is 0 Å². The van der Waals surface area contributed by atoms with Crippen LogP contribution in [0.2, 0.25) is 5.02 Å². The number of hydrogen-bond donors (Lipinski definition) is 1. The normalized spacial score (nSPS) is 16.7. The van der Waals surface area contributed by atoms with Crippen LogP contribution in [0.3, 0.4) is 0 Å². The van der Waals surface area contributed by atoms with Gasteiger partial charge in [-0.15, -0.1) is 0 Å². The fourth-order valence-electron chi connectivity index (χ4n) is 5.37. The Morgan fingerprint density at radius 2 is 1.56 bits per heavy atom. The van der Waals surface area contributed by atoms with Crippen LogP contribution in [0.5, 0.6) is 0 Å². The molecule has 1 atom stereocenters. The number of nitrogens with zero attached hydrogens (tertiary/aromatic N) is 1. The van der Waals surface area contributed by atoms with Crippen molar-refractivity contribution in [2.75, 3.05) is 25.9 Å². The van der Waals surface area contributed by atoms with Crippen LogP contribution in [0.25, 0.3) is 4.91 Å². The molecule has 0 radical (unpaired) electrons. The standard InChI is InChI=1S/C31H33ClF2N2O2S/c1-39(37,38)31(25-15-28(33)17-29(34)16-25)26-19-36(20-26)30(24-10-12-27(32)13-11-24)23-8-6-22(7-9-23)18-35-14-2-3-21-4-5-21/h6-13,15-17,21,30,35H,2-5,14,18-20H2,1H3/t30-/m0/s1. The molecule has 4 nitrogen and oxygen atoms in total. The lowest BCUT2D eigenvalue weighted by Gasteiger charge is -2.42. The highest BCUT2D eigenvalue weighted by Crippen LogP contribution is 2.39. The van der Waals surface area contributed by atoms with Crippen LogP contribution in [0.1, 0.15) is 54.0 Å². The average Bonchev–Trinajstić information content (AvgIpc) is 3.67. The van der Waals surface area contributed by atoms with E-state index < -0.39 is 21.5 Å². The zero-order valence-electron chi connectivity index (χ0n) is 22.0. The van der Waals surface area contributed by atoms with Gasteiger partial charge in [-0.3, -0.25) is 4.90 Å². The Labute approximate surface area is 234 Å². The average molecular weight is 571 g/mol. The minimum Gasteiger partial charge on any atom is -0.313 e. The summed E-state index contributed by atoms with van der Waals surface area (Å²) in [5, 5.41) is 4.17. The summed E-state index contributed by atoms with van der Waals surface area (Å²) in [6, 6.07) is 18.9. The molecule has 8 heteroatoms. The van der Waals surface area contributed by atoms with Gasteiger partial charge < -0.3 is 5.32 Å². The van der Waals surface area contributed by atoms with E-state index in [2.05, 4.69) is 34.5 Å². The van der Waals surface area contributed by atoms with Gasteiger partial charge in [0.2, 0.25) is 0 Å². The van der Waals surface area contributed by atoms with E-state index in [9.17, 15) is 17.2 Å². The van der Waals surface area contributed by atoms with Gasteiger partial charge in [-0.2, -0.15) is 0 Å². The zero-order chi connectivity index (χ0) is 27.6. The van der Waals surface area contributed by atoms with Crippen molar-refractivity contribution in [3.63, 3.8) is 0 Å². The molecule has 1 saturated heterocycles. The van der Waals surface area contributed by atoms with Gasteiger partial charge in [-0.05, 0) is 77.4 Å². The number of sulfone groups is 1. The summed E-state index contributed by atoms with van der Waals surface area (Å²) >= 11 is 6.15. The first-order valence-corrected chi connectivity index (χ1v) is 15.6. The topological polar surface area (TPSA) is 49.4 Å². The third kappa shape index (κ3) is 7.14. The smallest absolute Gasteiger partial charge is 0.176 e. The van der Waals surface area contributed by atoms with Crippen LogP contribution in [0.15, 0.2) is 72.3 Å². The third-order valence-corrected chi connectivity index (χ3v) is 8.96. The Hall–Kier alpha value is -2.58. The quantitative estimate of drug-likeness (QED) is 0.259. The lowest BCUT2D eigenvalue weighted by atomic mass is 9.91. The summed E-state index contributed by atoms with van der Waals surface area (Å²) in [7, 11) is -3.72. The van der Waals surface area contributed by atoms with Crippen molar-refractivity contribution >= 4 is 26.3 Å². The van der Waals surface area contributed by atoms with E-state index in [0.717, 1.165) is 54.6 Å². The van der Waals surface area contributed by atoms with Gasteiger partial charge in [-0.1, -0.05) is 60.8 Å². The summed E-state index contributed by atoms with van der Waals surface area (Å²) in [6.45, 7) is 2.55. The maximum Gasteiger partial charge on any atom is 0.176 e. The van der Waals surface area contributed by atoms with Crippen LogP contribution in [0.4, 0.5) is 8.78 Å². The minimum atomic E-state index is -3.72. The highest BCUT2D eigenvalue weighted by molar-refractivity contribution is 8.00. The molecule has 3 aromatic rings. The molecule has 2 fully saturated rings. The summed E-state index contributed by atoms with van der Waals surface area (Å²) in [6.07, 6.45) is 6.39. The van der Waals surface area contributed by atoms with E-state index in [0.29, 0.717) is 23.7 Å². The number of halogens is 3. The number of rotatable bonds is 11. The maximum atomic E-state index is 13.9. The summed E-state index contributed by atoms with van der Waals surface area (Å²) in [5.41, 5.74) is 3.99. The second-order valence-electron chi connectivity index (χ2n) is 10.7. The molecule has 0 unspecified atom stereocenters. The maximum absolute atomic E-state index is 13.9. The summed E-state index contributed by atoms with van der Waals surface area (Å²) in [5.74, 6) is -0.657. The van der Waals surface area contributed by atoms with Crippen molar-refractivity contribution in [3.05, 3.63) is 111 Å². The third-order valence-electron chi connectivity index (χ3n) is 7.44. The number of likely N-dealkylation sites (tertiary alicyclic amines) is 1. The summed E-state index contributed by atoms with van der Waals surface area (Å²) < 4.78 is 53.3. The van der Waals surface area contributed by atoms with Gasteiger partial charge in [0.25, 0.3) is 0 Å². The molecule has 3 aromatic carbocycles. The van der Waals surface area contributed by atoms with Crippen LogP contribution in [-0.4, -0.2) is 39.2 Å². The SMILES string of the molecule is CS(=O)(=O)C(=C1CN([C@H](c2ccc(Cl)cc2)c2ccc(CNCCCC3CC3)cc2)C1)c1cc(F)cc(F)c1. The first-order chi connectivity index (χ1) is 18.7. The highest BCUT2D eigenvalue weighted by Gasteiger charge is 2.35. The van der Waals surface area contributed by atoms with Crippen LogP contribution in [0, 0.1) is 17.6 Å². The number of benzene rings is 3. The van der Waals surface area contributed by atoms with Gasteiger partial charge >= 0.3 is 0 Å². The lowest BCUT2D eigenvalue weighted by molar-refractivity contribution is 0.203. The monoisotopic (exact) mass is 570 g/mol. The van der Waals surface area contributed by atoms with E-state index in [1.54, 1.807) is 0 Å². The predicted octanol–water partition coefficient (Wildman–Crippen LogP) is 6.76. The molecular weight excluding hydrogens is 538 g/mol. The first-order valence-electron chi connectivity index (χ1n) is 13.3. The fourth-order valence-corrected chi connectivity index (χ4v) is 6.69. The second-order valence-corrected chi connectivity index (χ2v) is 13.1. The Balaban J connectivity index is 1.36. The molecule has 0 aromatic heterocycles. The molecule has 206 valence electrons. The molecule has 1 saturated carbocycles. The van der Waals surface area contributed by atoms with Crippen molar-refractivity contribution in [2.24, 2.45) is 5.92 Å². The first kappa shape index (κ1) is 28.0. The highest BCUT2D eigenvalue weighted by atomic mass is 35.5. The van der Waals surface area contributed by atoms with Gasteiger partial charge in [-0.25, -0.2) is 17.2 Å². The van der Waals surface area contributed by atoms with E-state index >= 15 is 0 Å². The van der Waals surface area contributed by atoms with Crippen molar-refractivity contribution < 1.29 is 17.2 Å². The largest absolute Gasteiger partial charge is 0.313 e. The molecule has 2 aliphatic rings. The lowest BCUT2D eigenvalue weighted by Crippen LogP contribution is -2.44. The van der Waals surface area contributed by atoms with Crippen molar-refractivity contribution in [1.29, 1.82) is 0 Å². The summed E-state index contributed by atoms with van der Waals surface area (Å²) in [4.78, 5) is 2.15. The van der Waals surface area contributed by atoms with Crippen LogP contribution >= 0.6 is 11.6 Å². The van der Waals surface area contributed by atoms with Crippen LogP contribution < -0.4 is 5.32 Å². The van der Waals surface area contributed by atoms with E-state index in [1.165, 1.54) is 31.2 Å². The predicted molar refractivity (Wildman–Crippen MR) is 153 cm³/mol. The number of nitrogens with one attached hydrogen (secondary N) is 1. The Morgan fingerprint density at radius 3 is 2.13 bits per heavy atom. The molecule has 0 bridgehead atoms. The Bertz CT molecular complexity index is 1420. The molecule has 0 spiro atoms. The molecule has 1 heterocycles. The van der Waals surface area contributed by atoms with Crippen LogP contribution in [-0.2, 0) is 16.4 Å². The van der Waals surface area contributed by atoms with Gasteiger partial charge in [0.15, 0.2) is 9.84 Å². The fraction of sp³-hybridized carbons (Fsp3) is 0.355. The Kier molecular flexibility index (Phi) is 8.52. The molecule has 1 N–H and O–H groups in total. The Morgan fingerprint density at radius 1 is 0.974 bits per heavy atom. The van der Waals surface area contributed by atoms with Gasteiger partial charge in [0, 0.05) is 37.0 Å². The molecule has 1 aliphatic heterocycles. The number of hydrogen-bond acceptors (Lipinski definition) is 4. The minimum absolute atomic E-state index is 0.00452. The van der Waals surface area contributed by atoms with Crippen molar-refractivity contribution in [2.45, 2.75) is 38.3 Å². The molecule has 0 amide bonds. The van der Waals surface area contributed by atoms with E-state index in [-0.39, 0.29) is 16.5 Å². The van der Waals surface area contributed by atoms with E-state index in [1.807, 2.05) is 24.3 Å². The second kappa shape index (κ2) is 11.9. The van der Waals surface area contributed by atoms with Crippen molar-refractivity contribution in [1.82, 2.24) is 10.2 Å². The molecule has 39 heavy (non-hydrogen) atoms. The molecule has 1 aliphatic carbocycles. The zero-order valence-corrected chi connectivity index (χ0v) is 23.5. The molecular formula is C31H33ClF2N2O2S. The molecule has 5 rings (SSSR count). The van der Waals surface area contributed by atoms with Gasteiger partial charge in [0.05, 0.1) is 10.9 Å². The van der Waals surface area contributed by atoms with E-state index in [4.69, 9.17) is 11.6 Å². The van der Waals surface area contributed by atoms with Gasteiger partial charge in [0.1, 0.15) is 11.6 Å².